The van der Waals surface area contributed by atoms with E-state index in [0.29, 0.717) is 26.9 Å². The zero-order valence-electron chi connectivity index (χ0n) is 15.4. The van der Waals surface area contributed by atoms with E-state index in [1.54, 1.807) is 6.07 Å². The molecule has 0 aliphatic heterocycles. The summed E-state index contributed by atoms with van der Waals surface area (Å²) >= 11 is 1.02. The topological polar surface area (TPSA) is 54.9 Å². The Bertz CT molecular complexity index is 1420. The van der Waals surface area contributed by atoms with Crippen molar-refractivity contribution >= 4 is 43.5 Å². The van der Waals surface area contributed by atoms with Crippen LogP contribution in [0.3, 0.4) is 0 Å². The number of para-hydroxylation sites is 1. The van der Waals surface area contributed by atoms with Gasteiger partial charge in [0.2, 0.25) is 0 Å². The third-order valence-corrected chi connectivity index (χ3v) is 5.58. The maximum atomic E-state index is 14.0. The molecule has 0 saturated heterocycles. The van der Waals surface area contributed by atoms with Gasteiger partial charge in [-0.05, 0) is 18.2 Å². The highest BCUT2D eigenvalue weighted by atomic mass is 32.1. The maximum Gasteiger partial charge on any atom is 0.258 e. The Kier molecular flexibility index (Phi) is 4.44. The first-order valence-electron chi connectivity index (χ1n) is 9.10. The smallest absolute Gasteiger partial charge is 0.258 e. The third-order valence-electron chi connectivity index (χ3n) is 4.66. The summed E-state index contributed by atoms with van der Waals surface area (Å²) in [6, 6.07) is 20.6. The van der Waals surface area contributed by atoms with Crippen LogP contribution in [0.5, 0.6) is 0 Å². The lowest BCUT2D eigenvalue weighted by Crippen LogP contribution is -2.13. The van der Waals surface area contributed by atoms with Crippen molar-refractivity contribution in [3.8, 4) is 11.3 Å². The fraction of sp³-hybridized carbons (Fsp3) is 0. The maximum absolute atomic E-state index is 14.0. The Morgan fingerprint density at radius 2 is 1.67 bits per heavy atom. The van der Waals surface area contributed by atoms with Crippen LogP contribution in [0.4, 0.5) is 13.9 Å². The number of rotatable bonds is 3. The molecular weight excluding hydrogens is 404 g/mol. The molecule has 146 valence electrons. The summed E-state index contributed by atoms with van der Waals surface area (Å²) in [5.74, 6) is -1.85. The molecule has 0 fully saturated rings. The highest BCUT2D eigenvalue weighted by Crippen LogP contribution is 2.30. The Balaban J connectivity index is 1.58. The molecule has 0 aliphatic rings. The van der Waals surface area contributed by atoms with Gasteiger partial charge < -0.3 is 0 Å². The number of pyridine rings is 1. The van der Waals surface area contributed by atoms with E-state index in [-0.39, 0.29) is 10.6 Å². The predicted molar refractivity (Wildman–Crippen MR) is 115 cm³/mol. The number of carbonyl (C=O) groups is 1. The van der Waals surface area contributed by atoms with E-state index in [0.717, 1.165) is 23.0 Å². The number of hydrogen-bond donors (Lipinski definition) is 1. The highest BCUT2D eigenvalue weighted by Gasteiger charge is 2.17. The van der Waals surface area contributed by atoms with E-state index in [4.69, 9.17) is 0 Å². The Morgan fingerprint density at radius 3 is 2.50 bits per heavy atom. The van der Waals surface area contributed by atoms with Gasteiger partial charge in [-0.1, -0.05) is 59.9 Å². The van der Waals surface area contributed by atoms with Crippen LogP contribution in [0.2, 0.25) is 0 Å². The Morgan fingerprint density at radius 1 is 0.900 bits per heavy atom. The van der Waals surface area contributed by atoms with Crippen LogP contribution in [0.25, 0.3) is 32.4 Å². The van der Waals surface area contributed by atoms with Crippen LogP contribution in [0.1, 0.15) is 10.4 Å². The van der Waals surface area contributed by atoms with Crippen molar-refractivity contribution in [3.05, 3.63) is 90.0 Å². The van der Waals surface area contributed by atoms with Gasteiger partial charge in [0.1, 0.15) is 11.3 Å². The molecule has 0 radical (unpaired) electrons. The van der Waals surface area contributed by atoms with Crippen LogP contribution < -0.4 is 5.32 Å². The largest absolute Gasteiger partial charge is 0.298 e. The number of carbonyl (C=O) groups excluding carboxylic acids is 1. The fourth-order valence-electron chi connectivity index (χ4n) is 3.30. The lowest BCUT2D eigenvalue weighted by Gasteiger charge is -2.09. The van der Waals surface area contributed by atoms with E-state index < -0.39 is 17.5 Å². The van der Waals surface area contributed by atoms with Crippen molar-refractivity contribution in [2.75, 3.05) is 5.32 Å². The van der Waals surface area contributed by atoms with E-state index >= 15 is 0 Å². The first kappa shape index (κ1) is 18.3. The lowest BCUT2D eigenvalue weighted by atomic mass is 10.0. The first-order valence-corrected chi connectivity index (χ1v) is 9.92. The zero-order valence-corrected chi connectivity index (χ0v) is 16.2. The first-order chi connectivity index (χ1) is 14.6. The van der Waals surface area contributed by atoms with Gasteiger partial charge in [0.25, 0.3) is 5.91 Å². The van der Waals surface area contributed by atoms with Gasteiger partial charge in [-0.3, -0.25) is 10.1 Å². The number of fused-ring (bicyclic) bond motifs is 2. The second kappa shape index (κ2) is 7.27. The minimum absolute atomic E-state index is 0.0289. The lowest BCUT2D eigenvalue weighted by molar-refractivity contribution is 0.102. The normalized spacial score (nSPS) is 11.1. The number of hydrogen-bond acceptors (Lipinski definition) is 4. The van der Waals surface area contributed by atoms with Crippen molar-refractivity contribution in [1.82, 2.24) is 9.97 Å². The molecule has 1 amide bonds. The second-order valence-corrected chi connectivity index (χ2v) is 7.68. The molecule has 4 nitrogen and oxygen atoms in total. The zero-order chi connectivity index (χ0) is 20.7. The van der Waals surface area contributed by atoms with Crippen molar-refractivity contribution in [3.63, 3.8) is 0 Å². The van der Waals surface area contributed by atoms with E-state index in [1.807, 2.05) is 54.6 Å². The van der Waals surface area contributed by atoms with Crippen molar-refractivity contribution in [2.24, 2.45) is 0 Å². The standard InChI is InChI=1S/C23H13F2N3OS/c24-14-10-17(25)21-20(11-14)30-23(27-21)28-22(29)16-12-19(13-6-2-1-3-7-13)26-18-9-5-4-8-15(16)18/h1-12H,(H,27,28,29). The van der Waals surface area contributed by atoms with Gasteiger partial charge in [0, 0.05) is 17.0 Å². The summed E-state index contributed by atoms with van der Waals surface area (Å²) in [6.45, 7) is 0. The van der Waals surface area contributed by atoms with Crippen molar-refractivity contribution in [2.45, 2.75) is 0 Å². The molecule has 2 heterocycles. The van der Waals surface area contributed by atoms with Crippen LogP contribution in [0.15, 0.2) is 72.8 Å². The quantitative estimate of drug-likeness (QED) is 0.389. The van der Waals surface area contributed by atoms with E-state index in [2.05, 4.69) is 15.3 Å². The summed E-state index contributed by atoms with van der Waals surface area (Å²) < 4.78 is 27.7. The number of nitrogens with one attached hydrogen (secondary N) is 1. The van der Waals surface area contributed by atoms with Crippen LogP contribution in [-0.2, 0) is 0 Å². The predicted octanol–water partition coefficient (Wildman–Crippen LogP) is 6.04. The van der Waals surface area contributed by atoms with Gasteiger partial charge in [-0.25, -0.2) is 18.7 Å². The summed E-state index contributed by atoms with van der Waals surface area (Å²) in [5, 5.41) is 3.60. The number of aromatic nitrogens is 2. The number of anilines is 1. The molecule has 0 atom stereocenters. The highest BCUT2D eigenvalue weighted by molar-refractivity contribution is 7.22. The molecule has 30 heavy (non-hydrogen) atoms. The van der Waals surface area contributed by atoms with Gasteiger partial charge >= 0.3 is 0 Å². The fourth-order valence-corrected chi connectivity index (χ4v) is 4.20. The Hall–Kier alpha value is -3.71. The van der Waals surface area contributed by atoms with Crippen LogP contribution in [0, 0.1) is 11.6 Å². The second-order valence-electron chi connectivity index (χ2n) is 6.65. The van der Waals surface area contributed by atoms with Crippen molar-refractivity contribution < 1.29 is 13.6 Å². The van der Waals surface area contributed by atoms with E-state index in [9.17, 15) is 13.6 Å². The molecular formula is C23H13F2N3OS. The number of nitrogens with zero attached hydrogens (tertiary/aromatic N) is 2. The molecule has 5 rings (SSSR count). The average molecular weight is 417 g/mol. The van der Waals surface area contributed by atoms with Gasteiger partial charge in [0.15, 0.2) is 10.9 Å². The van der Waals surface area contributed by atoms with Gasteiger partial charge in [-0.2, -0.15) is 0 Å². The Labute approximate surface area is 173 Å². The molecule has 0 bridgehead atoms. The van der Waals surface area contributed by atoms with E-state index in [1.165, 1.54) is 6.07 Å². The number of benzene rings is 3. The van der Waals surface area contributed by atoms with Gasteiger partial charge in [-0.15, -0.1) is 0 Å². The number of amides is 1. The monoisotopic (exact) mass is 417 g/mol. The van der Waals surface area contributed by atoms with Crippen LogP contribution >= 0.6 is 11.3 Å². The summed E-state index contributed by atoms with van der Waals surface area (Å²) in [6.07, 6.45) is 0. The number of thiazole rings is 1. The molecule has 7 heteroatoms. The SMILES string of the molecule is O=C(Nc1nc2c(F)cc(F)cc2s1)c1cc(-c2ccccc2)nc2ccccc12. The molecule has 1 N–H and O–H groups in total. The van der Waals surface area contributed by atoms with Crippen molar-refractivity contribution in [1.29, 1.82) is 0 Å². The van der Waals surface area contributed by atoms with Crippen LogP contribution in [-0.4, -0.2) is 15.9 Å². The summed E-state index contributed by atoms with van der Waals surface area (Å²) in [5.41, 5.74) is 2.68. The number of halogens is 2. The molecule has 2 aromatic heterocycles. The molecule has 5 aromatic rings. The molecule has 0 spiro atoms. The minimum atomic E-state index is -0.762. The molecule has 0 saturated carbocycles. The average Bonchev–Trinajstić information content (AvgIpc) is 3.16. The molecule has 3 aromatic carbocycles. The molecule has 0 aliphatic carbocycles. The minimum Gasteiger partial charge on any atom is -0.298 e. The summed E-state index contributed by atoms with van der Waals surface area (Å²) in [4.78, 5) is 21.9. The summed E-state index contributed by atoms with van der Waals surface area (Å²) in [7, 11) is 0. The third kappa shape index (κ3) is 3.29. The molecule has 0 unspecified atom stereocenters. The van der Waals surface area contributed by atoms with Gasteiger partial charge in [0.05, 0.1) is 21.5 Å².